The molecule has 1 N–H and O–H groups in total. The summed E-state index contributed by atoms with van der Waals surface area (Å²) in [7, 11) is 1.50. The highest BCUT2D eigenvalue weighted by atomic mass is 35.5. The molecule has 15 heavy (non-hydrogen) atoms. The maximum atomic E-state index is 10.3. The van der Waals surface area contributed by atoms with Crippen molar-refractivity contribution < 1.29 is 14.6 Å². The number of aryl methyl sites for hydroxylation is 1. The third-order valence-corrected chi connectivity index (χ3v) is 2.18. The third kappa shape index (κ3) is 3.75. The summed E-state index contributed by atoms with van der Waals surface area (Å²) in [4.78, 5) is 14.3. The Morgan fingerprint density at radius 1 is 1.67 bits per heavy atom. The standard InChI is InChI=1S/C10H12ClNO3/c1-15-10-8(11)5-7(6-12-10)3-2-4-9(13)14/h5-6H,2-4H2,1H3,(H,13,14). The molecule has 1 heterocycles. The second-order valence-electron chi connectivity index (χ2n) is 3.08. The van der Waals surface area contributed by atoms with Crippen LogP contribution in [0.15, 0.2) is 12.3 Å². The van der Waals surface area contributed by atoms with Gasteiger partial charge in [0.2, 0.25) is 5.88 Å². The lowest BCUT2D eigenvalue weighted by Gasteiger charge is -2.04. The van der Waals surface area contributed by atoms with E-state index in [0.717, 1.165) is 5.56 Å². The molecule has 0 saturated carbocycles. The van der Waals surface area contributed by atoms with Gasteiger partial charge >= 0.3 is 5.97 Å². The van der Waals surface area contributed by atoms with Crippen molar-refractivity contribution in [3.05, 3.63) is 22.8 Å². The maximum Gasteiger partial charge on any atom is 0.303 e. The van der Waals surface area contributed by atoms with Crippen molar-refractivity contribution in [3.8, 4) is 5.88 Å². The molecule has 0 radical (unpaired) electrons. The summed E-state index contributed by atoms with van der Waals surface area (Å²) in [6, 6.07) is 1.75. The van der Waals surface area contributed by atoms with Crippen LogP contribution in [-0.2, 0) is 11.2 Å². The molecular weight excluding hydrogens is 218 g/mol. The summed E-state index contributed by atoms with van der Waals surface area (Å²) in [6.45, 7) is 0. The second kappa shape index (κ2) is 5.56. The van der Waals surface area contributed by atoms with Crippen LogP contribution in [-0.4, -0.2) is 23.2 Å². The van der Waals surface area contributed by atoms with Gasteiger partial charge in [-0.3, -0.25) is 4.79 Å². The van der Waals surface area contributed by atoms with E-state index in [-0.39, 0.29) is 6.42 Å². The number of pyridine rings is 1. The summed E-state index contributed by atoms with van der Waals surface area (Å²) in [5.74, 6) is -0.402. The highest BCUT2D eigenvalue weighted by Gasteiger charge is 2.04. The van der Waals surface area contributed by atoms with Gasteiger partial charge in [0.15, 0.2) is 0 Å². The normalized spacial score (nSPS) is 10.0. The molecule has 0 aliphatic heterocycles. The van der Waals surface area contributed by atoms with Crippen molar-refractivity contribution in [2.24, 2.45) is 0 Å². The van der Waals surface area contributed by atoms with E-state index in [4.69, 9.17) is 21.4 Å². The molecule has 4 nitrogen and oxygen atoms in total. The lowest BCUT2D eigenvalue weighted by molar-refractivity contribution is -0.137. The number of nitrogens with zero attached hydrogens (tertiary/aromatic N) is 1. The minimum atomic E-state index is -0.789. The zero-order chi connectivity index (χ0) is 11.3. The Balaban J connectivity index is 2.55. The number of carbonyl (C=O) groups is 1. The predicted octanol–water partition coefficient (Wildman–Crippen LogP) is 2.15. The Labute approximate surface area is 92.8 Å². The molecule has 82 valence electrons. The van der Waals surface area contributed by atoms with E-state index in [1.54, 1.807) is 12.3 Å². The molecular formula is C10H12ClNO3. The summed E-state index contributed by atoms with van der Waals surface area (Å²) in [6.07, 6.45) is 3.04. The Morgan fingerprint density at radius 3 is 2.93 bits per heavy atom. The monoisotopic (exact) mass is 229 g/mol. The number of aromatic nitrogens is 1. The van der Waals surface area contributed by atoms with E-state index in [1.165, 1.54) is 7.11 Å². The quantitative estimate of drug-likeness (QED) is 0.841. The number of ether oxygens (including phenoxy) is 1. The molecule has 0 atom stereocenters. The van der Waals surface area contributed by atoms with Crippen molar-refractivity contribution in [2.45, 2.75) is 19.3 Å². The Hall–Kier alpha value is -1.29. The van der Waals surface area contributed by atoms with Crippen LogP contribution in [0.3, 0.4) is 0 Å². The number of carboxylic acid groups (broad SMARTS) is 1. The average molecular weight is 230 g/mol. The molecule has 0 saturated heterocycles. The van der Waals surface area contributed by atoms with Crippen molar-refractivity contribution in [2.75, 3.05) is 7.11 Å². The molecule has 0 unspecified atom stereocenters. The zero-order valence-corrected chi connectivity index (χ0v) is 9.12. The number of halogens is 1. The maximum absolute atomic E-state index is 10.3. The highest BCUT2D eigenvalue weighted by Crippen LogP contribution is 2.22. The summed E-state index contributed by atoms with van der Waals surface area (Å²) < 4.78 is 4.91. The van der Waals surface area contributed by atoms with Crippen LogP contribution in [0.25, 0.3) is 0 Å². The van der Waals surface area contributed by atoms with Gasteiger partial charge < -0.3 is 9.84 Å². The summed E-state index contributed by atoms with van der Waals surface area (Å²) in [5, 5.41) is 8.92. The highest BCUT2D eigenvalue weighted by molar-refractivity contribution is 6.31. The SMILES string of the molecule is COc1ncc(CCCC(=O)O)cc1Cl. The zero-order valence-electron chi connectivity index (χ0n) is 8.36. The Bertz CT molecular complexity index is 355. The van der Waals surface area contributed by atoms with Gasteiger partial charge in [-0.2, -0.15) is 0 Å². The van der Waals surface area contributed by atoms with Crippen LogP contribution in [0, 0.1) is 0 Å². The number of hydrogen-bond acceptors (Lipinski definition) is 3. The molecule has 5 heteroatoms. The van der Waals surface area contributed by atoms with Crippen molar-refractivity contribution in [1.82, 2.24) is 4.98 Å². The largest absolute Gasteiger partial charge is 0.481 e. The molecule has 0 aromatic carbocycles. The van der Waals surface area contributed by atoms with Gasteiger partial charge in [-0.15, -0.1) is 0 Å². The third-order valence-electron chi connectivity index (χ3n) is 1.91. The number of aliphatic carboxylic acids is 1. The van der Waals surface area contributed by atoms with Crippen LogP contribution in [0.1, 0.15) is 18.4 Å². The van der Waals surface area contributed by atoms with E-state index >= 15 is 0 Å². The van der Waals surface area contributed by atoms with Crippen LogP contribution < -0.4 is 4.74 Å². The molecule has 0 aliphatic carbocycles. The molecule has 1 rings (SSSR count). The number of carboxylic acids is 1. The van der Waals surface area contributed by atoms with Gasteiger partial charge in [0.1, 0.15) is 5.02 Å². The smallest absolute Gasteiger partial charge is 0.303 e. The van der Waals surface area contributed by atoms with Gasteiger partial charge in [0.05, 0.1) is 7.11 Å². The Kier molecular flexibility index (Phi) is 4.37. The number of hydrogen-bond donors (Lipinski definition) is 1. The van der Waals surface area contributed by atoms with Crippen LogP contribution in [0.2, 0.25) is 5.02 Å². The lowest BCUT2D eigenvalue weighted by atomic mass is 10.1. The van der Waals surface area contributed by atoms with E-state index in [9.17, 15) is 4.79 Å². The van der Waals surface area contributed by atoms with E-state index in [0.29, 0.717) is 23.7 Å². The van der Waals surface area contributed by atoms with Crippen molar-refractivity contribution >= 4 is 17.6 Å². The van der Waals surface area contributed by atoms with Crippen molar-refractivity contribution in [3.63, 3.8) is 0 Å². The fourth-order valence-electron chi connectivity index (χ4n) is 1.20. The van der Waals surface area contributed by atoms with Gasteiger partial charge in [-0.25, -0.2) is 4.98 Å². The first-order valence-corrected chi connectivity index (χ1v) is 4.91. The lowest BCUT2D eigenvalue weighted by Crippen LogP contribution is -1.97. The van der Waals surface area contributed by atoms with Crippen molar-refractivity contribution in [1.29, 1.82) is 0 Å². The average Bonchev–Trinajstić information content (AvgIpc) is 2.17. The topological polar surface area (TPSA) is 59.4 Å². The minimum Gasteiger partial charge on any atom is -0.481 e. The molecule has 1 aromatic rings. The second-order valence-corrected chi connectivity index (χ2v) is 3.49. The predicted molar refractivity (Wildman–Crippen MR) is 56.4 cm³/mol. The van der Waals surface area contributed by atoms with E-state index in [2.05, 4.69) is 4.98 Å². The van der Waals surface area contributed by atoms with Gasteiger partial charge in [-0.05, 0) is 24.5 Å². The minimum absolute atomic E-state index is 0.156. The fraction of sp³-hybridized carbons (Fsp3) is 0.400. The van der Waals surface area contributed by atoms with Gasteiger partial charge in [0.25, 0.3) is 0 Å². The molecule has 0 aliphatic rings. The van der Waals surface area contributed by atoms with Gasteiger partial charge in [0, 0.05) is 12.6 Å². The fourth-order valence-corrected chi connectivity index (χ4v) is 1.46. The number of methoxy groups -OCH3 is 1. The van der Waals surface area contributed by atoms with Crippen LogP contribution in [0.4, 0.5) is 0 Å². The van der Waals surface area contributed by atoms with Gasteiger partial charge in [-0.1, -0.05) is 11.6 Å². The van der Waals surface area contributed by atoms with E-state index in [1.807, 2.05) is 0 Å². The van der Waals surface area contributed by atoms with E-state index < -0.39 is 5.97 Å². The number of rotatable bonds is 5. The molecule has 1 aromatic heterocycles. The van der Waals surface area contributed by atoms with Crippen LogP contribution in [0.5, 0.6) is 5.88 Å². The summed E-state index contributed by atoms with van der Waals surface area (Å²) >= 11 is 5.87. The molecule has 0 amide bonds. The molecule has 0 spiro atoms. The molecule has 0 bridgehead atoms. The Morgan fingerprint density at radius 2 is 2.40 bits per heavy atom. The summed E-state index contributed by atoms with van der Waals surface area (Å²) in [5.41, 5.74) is 0.919. The first kappa shape index (κ1) is 11.8. The first-order chi connectivity index (χ1) is 7.13. The first-order valence-electron chi connectivity index (χ1n) is 4.53. The van der Waals surface area contributed by atoms with Crippen LogP contribution >= 0.6 is 11.6 Å². The molecule has 0 fully saturated rings.